The lowest BCUT2D eigenvalue weighted by atomic mass is 9.82. The average molecular weight is 500 g/mol. The van der Waals surface area contributed by atoms with E-state index in [4.69, 9.17) is 14.7 Å². The van der Waals surface area contributed by atoms with Crippen LogP contribution in [0.15, 0.2) is 12.1 Å². The maximum absolute atomic E-state index is 12.9. The van der Waals surface area contributed by atoms with Crippen LogP contribution in [-0.2, 0) is 11.3 Å². The fourth-order valence-corrected chi connectivity index (χ4v) is 6.02. The highest BCUT2D eigenvalue weighted by molar-refractivity contribution is 7.19. The molecule has 2 fully saturated rings. The van der Waals surface area contributed by atoms with Crippen LogP contribution >= 0.6 is 11.3 Å². The number of aromatic amines is 1. The number of carbonyl (C=O) groups is 1. The fraction of sp³-hybridized carbons (Fsp3) is 0.583. The van der Waals surface area contributed by atoms with Gasteiger partial charge in [0.05, 0.1) is 22.5 Å². The van der Waals surface area contributed by atoms with Crippen molar-refractivity contribution < 1.29 is 14.6 Å². The zero-order chi connectivity index (χ0) is 24.7. The number of nitrogens with one attached hydrogen (secondary N) is 3. The van der Waals surface area contributed by atoms with Gasteiger partial charge in [-0.25, -0.2) is 9.78 Å². The largest absolute Gasteiger partial charge is 0.444 e. The van der Waals surface area contributed by atoms with Crippen molar-refractivity contribution >= 4 is 45.2 Å². The molecule has 0 spiro atoms. The highest BCUT2D eigenvalue weighted by Gasteiger charge is 2.42. The number of amides is 1. The number of anilines is 3. The number of nitrogens with zero attached hydrogens (tertiary/aromatic N) is 4. The Morgan fingerprint density at radius 2 is 2.00 bits per heavy atom. The third-order valence-corrected chi connectivity index (χ3v) is 7.50. The Balaban J connectivity index is 1.35. The molecule has 0 saturated carbocycles. The number of H-pyrrole nitrogens is 1. The molecule has 3 atom stereocenters. The highest BCUT2D eigenvalue weighted by Crippen LogP contribution is 2.37. The highest BCUT2D eigenvalue weighted by atomic mass is 32.1. The van der Waals surface area contributed by atoms with E-state index in [1.807, 2.05) is 25.7 Å². The van der Waals surface area contributed by atoms with Crippen LogP contribution < -0.4 is 10.6 Å². The normalized spacial score (nSPS) is 22.3. The minimum atomic E-state index is -0.502. The van der Waals surface area contributed by atoms with Crippen LogP contribution in [0.5, 0.6) is 0 Å². The molecule has 5 heterocycles. The van der Waals surface area contributed by atoms with Crippen LogP contribution in [0.3, 0.4) is 0 Å². The van der Waals surface area contributed by atoms with Gasteiger partial charge < -0.3 is 25.4 Å². The average Bonchev–Trinajstić information content (AvgIpc) is 3.37. The standard InChI is InChI=1S/C24H33N7O3S/c1-13-8-18-20(35-13)21(27-19-11-15(12-32)29-30-19)28-22(26-18)25-14-9-16-6-5-7-17(10-14)31(16)23(33)34-24(2,3)4/h8,11,14,16-17,32H,5-7,9-10,12H2,1-4H3,(H3,25,26,27,28,29,30)/t14?,16-,17+. The van der Waals surface area contributed by atoms with Crippen molar-refractivity contribution in [1.82, 2.24) is 25.1 Å². The summed E-state index contributed by atoms with van der Waals surface area (Å²) in [5, 5.41) is 23.2. The van der Waals surface area contributed by atoms with Gasteiger partial charge in [0, 0.05) is 29.1 Å². The fourth-order valence-electron chi connectivity index (χ4n) is 5.12. The second-order valence-electron chi connectivity index (χ2n) is 10.5. The van der Waals surface area contributed by atoms with Crippen LogP contribution in [0.2, 0.25) is 0 Å². The third-order valence-electron chi connectivity index (χ3n) is 6.45. The molecular weight excluding hydrogens is 466 g/mol. The summed E-state index contributed by atoms with van der Waals surface area (Å²) in [7, 11) is 0. The van der Waals surface area contributed by atoms with Gasteiger partial charge in [0.15, 0.2) is 11.6 Å². The molecule has 2 saturated heterocycles. The molecule has 0 aromatic carbocycles. The van der Waals surface area contributed by atoms with Crippen molar-refractivity contribution in [1.29, 1.82) is 0 Å². The Hall–Kier alpha value is -2.92. The Morgan fingerprint density at radius 3 is 2.66 bits per heavy atom. The number of rotatable bonds is 5. The minimum Gasteiger partial charge on any atom is -0.444 e. The molecule has 0 aliphatic carbocycles. The summed E-state index contributed by atoms with van der Waals surface area (Å²) in [5.41, 5.74) is 0.997. The SMILES string of the molecule is Cc1cc2nc(NC3C[C@H]4CCC[C@@H](C3)N4C(=O)OC(C)(C)C)nc(Nc3cc(CO)[nH]n3)c2s1. The number of ether oxygens (including phenoxy) is 1. The number of hydrogen-bond donors (Lipinski definition) is 4. The lowest BCUT2D eigenvalue weighted by Gasteiger charge is -2.48. The van der Waals surface area contributed by atoms with Crippen LogP contribution in [0.4, 0.5) is 22.4 Å². The van der Waals surface area contributed by atoms with Gasteiger partial charge in [-0.2, -0.15) is 10.1 Å². The Morgan fingerprint density at radius 1 is 1.26 bits per heavy atom. The Bertz CT molecular complexity index is 1200. The number of carbonyl (C=O) groups excluding carboxylic acids is 1. The van der Waals surface area contributed by atoms with E-state index in [9.17, 15) is 9.90 Å². The number of aryl methyl sites for hydroxylation is 1. The van der Waals surface area contributed by atoms with E-state index in [2.05, 4.69) is 33.8 Å². The molecule has 10 nitrogen and oxygen atoms in total. The smallest absolute Gasteiger partial charge is 0.410 e. The van der Waals surface area contributed by atoms with Crippen LogP contribution in [0.25, 0.3) is 10.2 Å². The van der Waals surface area contributed by atoms with Gasteiger partial charge in [0.2, 0.25) is 5.95 Å². The molecule has 35 heavy (non-hydrogen) atoms. The Labute approximate surface area is 208 Å². The van der Waals surface area contributed by atoms with Crippen molar-refractivity contribution in [2.24, 2.45) is 0 Å². The van der Waals surface area contributed by atoms with E-state index < -0.39 is 5.60 Å². The first-order valence-corrected chi connectivity index (χ1v) is 13.0. The van der Waals surface area contributed by atoms with E-state index in [0.29, 0.717) is 23.3 Å². The summed E-state index contributed by atoms with van der Waals surface area (Å²) in [4.78, 5) is 25.6. The molecule has 0 radical (unpaired) electrons. The van der Waals surface area contributed by atoms with E-state index >= 15 is 0 Å². The summed E-state index contributed by atoms with van der Waals surface area (Å²) in [6, 6.07) is 4.29. The quantitative estimate of drug-likeness (QED) is 0.398. The zero-order valence-electron chi connectivity index (χ0n) is 20.6. The topological polar surface area (TPSA) is 128 Å². The number of thiophene rings is 1. The molecule has 3 aromatic rings. The molecule has 4 N–H and O–H groups in total. The van der Waals surface area contributed by atoms with Gasteiger partial charge in [-0.3, -0.25) is 5.10 Å². The monoisotopic (exact) mass is 499 g/mol. The molecule has 1 amide bonds. The van der Waals surface area contributed by atoms with Crippen molar-refractivity contribution in [2.75, 3.05) is 10.6 Å². The molecule has 11 heteroatoms. The maximum atomic E-state index is 12.9. The minimum absolute atomic E-state index is 0.108. The first-order chi connectivity index (χ1) is 16.7. The van der Waals surface area contributed by atoms with Gasteiger partial charge >= 0.3 is 6.09 Å². The summed E-state index contributed by atoms with van der Waals surface area (Å²) < 4.78 is 6.67. The number of aliphatic hydroxyl groups is 1. The van der Waals surface area contributed by atoms with Gasteiger partial charge in [-0.1, -0.05) is 0 Å². The molecule has 2 bridgehead atoms. The van der Waals surface area contributed by atoms with E-state index in [1.165, 1.54) is 0 Å². The van der Waals surface area contributed by atoms with E-state index in [0.717, 1.165) is 47.2 Å². The number of aliphatic hydroxyl groups excluding tert-OH is 1. The predicted octanol–water partition coefficient (Wildman–Crippen LogP) is 4.69. The van der Waals surface area contributed by atoms with Crippen LogP contribution in [0.1, 0.15) is 63.4 Å². The molecule has 1 unspecified atom stereocenters. The molecule has 2 aliphatic heterocycles. The van der Waals surface area contributed by atoms with Crippen molar-refractivity contribution in [3.8, 4) is 0 Å². The summed E-state index contributed by atoms with van der Waals surface area (Å²) in [6.07, 6.45) is 4.56. The first kappa shape index (κ1) is 23.8. The predicted molar refractivity (Wildman–Crippen MR) is 136 cm³/mol. The van der Waals surface area contributed by atoms with Crippen molar-refractivity contribution in [3.05, 3.63) is 22.7 Å². The lowest BCUT2D eigenvalue weighted by Crippen LogP contribution is -2.58. The van der Waals surface area contributed by atoms with Gasteiger partial charge in [-0.05, 0) is 65.9 Å². The van der Waals surface area contributed by atoms with Gasteiger partial charge in [0.25, 0.3) is 0 Å². The van der Waals surface area contributed by atoms with Crippen molar-refractivity contribution in [2.45, 2.75) is 90.1 Å². The molecule has 3 aromatic heterocycles. The van der Waals surface area contributed by atoms with Gasteiger partial charge in [-0.15, -0.1) is 11.3 Å². The maximum Gasteiger partial charge on any atom is 0.410 e. The summed E-state index contributed by atoms with van der Waals surface area (Å²) in [6.45, 7) is 7.67. The molecule has 2 aliphatic rings. The van der Waals surface area contributed by atoms with Crippen LogP contribution in [0, 0.1) is 6.92 Å². The number of piperidine rings is 2. The number of hydrogen-bond acceptors (Lipinski definition) is 9. The van der Waals surface area contributed by atoms with E-state index in [-0.39, 0.29) is 30.8 Å². The Kier molecular flexibility index (Phi) is 6.30. The lowest BCUT2D eigenvalue weighted by molar-refractivity contribution is -0.0199. The second-order valence-corrected chi connectivity index (χ2v) is 11.7. The summed E-state index contributed by atoms with van der Waals surface area (Å²) in [5.74, 6) is 1.83. The number of aromatic nitrogens is 4. The summed E-state index contributed by atoms with van der Waals surface area (Å²) >= 11 is 1.63. The van der Waals surface area contributed by atoms with Crippen molar-refractivity contribution in [3.63, 3.8) is 0 Å². The second kappa shape index (κ2) is 9.27. The molecule has 5 rings (SSSR count). The first-order valence-electron chi connectivity index (χ1n) is 12.2. The molecular formula is C24H33N7O3S. The van der Waals surface area contributed by atoms with Crippen LogP contribution in [-0.4, -0.2) is 60.0 Å². The van der Waals surface area contributed by atoms with E-state index in [1.54, 1.807) is 17.4 Å². The molecule has 188 valence electrons. The zero-order valence-corrected chi connectivity index (χ0v) is 21.4. The van der Waals surface area contributed by atoms with Gasteiger partial charge in [0.1, 0.15) is 5.60 Å². The third kappa shape index (κ3) is 5.20. The number of fused-ring (bicyclic) bond motifs is 3.